The zero-order valence-electron chi connectivity index (χ0n) is 8.74. The third-order valence-electron chi connectivity index (χ3n) is 2.69. The molecule has 1 aromatic carbocycles. The molecular formula is C12H14BrNO. The molecule has 0 bridgehead atoms. The molecule has 0 aromatic heterocycles. The number of carbonyl (C=O) groups is 1. The summed E-state index contributed by atoms with van der Waals surface area (Å²) in [6.07, 6.45) is 0.705. The average molecular weight is 268 g/mol. The number of nitrogens with zero attached hydrogens (tertiary/aromatic N) is 1. The van der Waals surface area contributed by atoms with Crippen LogP contribution in [-0.2, 0) is 11.3 Å². The van der Waals surface area contributed by atoms with Crippen LogP contribution in [0.25, 0.3) is 0 Å². The SMILES string of the molecule is CC1CC(=O)N(Cc2ccc(Br)cc2)C1. The van der Waals surface area contributed by atoms with Gasteiger partial charge in [0.15, 0.2) is 0 Å². The topological polar surface area (TPSA) is 20.3 Å². The molecule has 1 aliphatic heterocycles. The lowest BCUT2D eigenvalue weighted by Gasteiger charge is -2.15. The maximum atomic E-state index is 11.6. The van der Waals surface area contributed by atoms with Crippen molar-refractivity contribution in [3.8, 4) is 0 Å². The third-order valence-corrected chi connectivity index (χ3v) is 3.22. The highest BCUT2D eigenvalue weighted by Crippen LogP contribution is 2.20. The lowest BCUT2D eigenvalue weighted by Crippen LogP contribution is -2.24. The molecule has 2 rings (SSSR count). The van der Waals surface area contributed by atoms with Gasteiger partial charge in [-0.25, -0.2) is 0 Å². The normalized spacial score (nSPS) is 21.1. The first-order valence-electron chi connectivity index (χ1n) is 5.17. The summed E-state index contributed by atoms with van der Waals surface area (Å²) in [5.74, 6) is 0.790. The molecule has 0 saturated carbocycles. The van der Waals surface area contributed by atoms with E-state index in [-0.39, 0.29) is 5.91 Å². The second kappa shape index (κ2) is 4.35. The molecule has 3 heteroatoms. The van der Waals surface area contributed by atoms with Gasteiger partial charge >= 0.3 is 0 Å². The Morgan fingerprint density at radius 1 is 1.40 bits per heavy atom. The van der Waals surface area contributed by atoms with Crippen LogP contribution in [0.4, 0.5) is 0 Å². The summed E-state index contributed by atoms with van der Waals surface area (Å²) in [5, 5.41) is 0. The minimum Gasteiger partial charge on any atom is -0.338 e. The standard InChI is InChI=1S/C12H14BrNO/c1-9-6-12(15)14(7-9)8-10-2-4-11(13)5-3-10/h2-5,9H,6-8H2,1H3. The van der Waals surface area contributed by atoms with Gasteiger partial charge < -0.3 is 4.90 Å². The van der Waals surface area contributed by atoms with Crippen LogP contribution < -0.4 is 0 Å². The summed E-state index contributed by atoms with van der Waals surface area (Å²) >= 11 is 3.40. The van der Waals surface area contributed by atoms with Crippen LogP contribution >= 0.6 is 15.9 Å². The fourth-order valence-corrected chi connectivity index (χ4v) is 2.20. The Bertz CT molecular complexity index is 360. The summed E-state index contributed by atoms with van der Waals surface area (Å²) < 4.78 is 1.08. The molecule has 1 fully saturated rings. The first kappa shape index (κ1) is 10.7. The Balaban J connectivity index is 2.03. The van der Waals surface area contributed by atoms with Crippen molar-refractivity contribution in [1.29, 1.82) is 0 Å². The minimum atomic E-state index is 0.283. The largest absolute Gasteiger partial charge is 0.338 e. The maximum absolute atomic E-state index is 11.6. The van der Waals surface area contributed by atoms with Gasteiger partial charge in [0.2, 0.25) is 5.91 Å². The van der Waals surface area contributed by atoms with Crippen LogP contribution in [0.5, 0.6) is 0 Å². The molecule has 1 aliphatic rings. The third kappa shape index (κ3) is 2.59. The lowest BCUT2D eigenvalue weighted by molar-refractivity contribution is -0.128. The minimum absolute atomic E-state index is 0.283. The van der Waals surface area contributed by atoms with Crippen molar-refractivity contribution in [1.82, 2.24) is 4.90 Å². The summed E-state index contributed by atoms with van der Waals surface area (Å²) in [7, 11) is 0. The molecule has 15 heavy (non-hydrogen) atoms. The lowest BCUT2D eigenvalue weighted by atomic mass is 10.2. The van der Waals surface area contributed by atoms with Gasteiger partial charge in [-0.2, -0.15) is 0 Å². The molecule has 1 unspecified atom stereocenters. The number of rotatable bonds is 2. The molecule has 80 valence electrons. The molecule has 0 aliphatic carbocycles. The fourth-order valence-electron chi connectivity index (χ4n) is 1.93. The van der Waals surface area contributed by atoms with Gasteiger partial charge in [-0.15, -0.1) is 0 Å². The number of benzene rings is 1. The first-order chi connectivity index (χ1) is 7.15. The van der Waals surface area contributed by atoms with E-state index >= 15 is 0 Å². The summed E-state index contributed by atoms with van der Waals surface area (Å²) in [5.41, 5.74) is 1.20. The number of likely N-dealkylation sites (tertiary alicyclic amines) is 1. The van der Waals surface area contributed by atoms with E-state index in [9.17, 15) is 4.79 Å². The van der Waals surface area contributed by atoms with Crippen molar-refractivity contribution in [3.05, 3.63) is 34.3 Å². The molecule has 1 saturated heterocycles. The Labute approximate surface area is 98.4 Å². The number of carbonyl (C=O) groups excluding carboxylic acids is 1. The maximum Gasteiger partial charge on any atom is 0.223 e. The Morgan fingerprint density at radius 3 is 2.60 bits per heavy atom. The Morgan fingerprint density at radius 2 is 2.07 bits per heavy atom. The van der Waals surface area contributed by atoms with E-state index in [1.165, 1.54) is 5.56 Å². The smallest absolute Gasteiger partial charge is 0.223 e. The summed E-state index contributed by atoms with van der Waals surface area (Å²) in [6, 6.07) is 8.14. The Hall–Kier alpha value is -0.830. The zero-order valence-corrected chi connectivity index (χ0v) is 10.3. The van der Waals surface area contributed by atoms with Crippen LogP contribution in [0.3, 0.4) is 0 Å². The van der Waals surface area contributed by atoms with E-state index in [2.05, 4.69) is 35.0 Å². The Kier molecular flexibility index (Phi) is 3.10. The monoisotopic (exact) mass is 267 g/mol. The molecule has 0 spiro atoms. The second-order valence-corrected chi connectivity index (χ2v) is 5.13. The van der Waals surface area contributed by atoms with Gasteiger partial charge in [-0.05, 0) is 23.6 Å². The van der Waals surface area contributed by atoms with Gasteiger partial charge in [0, 0.05) is 24.0 Å². The van der Waals surface area contributed by atoms with Crippen LogP contribution in [0.1, 0.15) is 18.9 Å². The van der Waals surface area contributed by atoms with Crippen LogP contribution in [0.2, 0.25) is 0 Å². The summed E-state index contributed by atoms with van der Waals surface area (Å²) in [6.45, 7) is 3.77. The molecule has 1 aromatic rings. The van der Waals surface area contributed by atoms with Gasteiger partial charge in [0.1, 0.15) is 0 Å². The summed E-state index contributed by atoms with van der Waals surface area (Å²) in [4.78, 5) is 13.5. The van der Waals surface area contributed by atoms with Crippen molar-refractivity contribution >= 4 is 21.8 Å². The van der Waals surface area contributed by atoms with Crippen LogP contribution in [-0.4, -0.2) is 17.4 Å². The molecule has 1 atom stereocenters. The molecule has 2 nitrogen and oxygen atoms in total. The number of amides is 1. The zero-order chi connectivity index (χ0) is 10.8. The molecule has 0 N–H and O–H groups in total. The number of halogens is 1. The highest BCUT2D eigenvalue weighted by molar-refractivity contribution is 9.10. The number of hydrogen-bond acceptors (Lipinski definition) is 1. The van der Waals surface area contributed by atoms with E-state index in [4.69, 9.17) is 0 Å². The highest BCUT2D eigenvalue weighted by Gasteiger charge is 2.25. The predicted molar refractivity (Wildman–Crippen MR) is 63.3 cm³/mol. The van der Waals surface area contributed by atoms with Gasteiger partial charge in [-0.3, -0.25) is 4.79 Å². The van der Waals surface area contributed by atoms with Crippen molar-refractivity contribution in [2.24, 2.45) is 5.92 Å². The fraction of sp³-hybridized carbons (Fsp3) is 0.417. The van der Waals surface area contributed by atoms with E-state index in [0.717, 1.165) is 17.6 Å². The number of hydrogen-bond donors (Lipinski definition) is 0. The highest BCUT2D eigenvalue weighted by atomic mass is 79.9. The predicted octanol–water partition coefficient (Wildman–Crippen LogP) is 2.82. The van der Waals surface area contributed by atoms with E-state index < -0.39 is 0 Å². The molecule has 1 amide bonds. The van der Waals surface area contributed by atoms with E-state index in [1.54, 1.807) is 0 Å². The van der Waals surface area contributed by atoms with E-state index in [1.807, 2.05) is 17.0 Å². The van der Waals surface area contributed by atoms with Crippen LogP contribution in [0.15, 0.2) is 28.7 Å². The van der Waals surface area contributed by atoms with Crippen LogP contribution in [0, 0.1) is 5.92 Å². The first-order valence-corrected chi connectivity index (χ1v) is 5.96. The van der Waals surface area contributed by atoms with Gasteiger partial charge in [0.25, 0.3) is 0 Å². The van der Waals surface area contributed by atoms with E-state index in [0.29, 0.717) is 12.3 Å². The average Bonchev–Trinajstić information content (AvgIpc) is 2.49. The van der Waals surface area contributed by atoms with Crippen molar-refractivity contribution in [2.45, 2.75) is 19.9 Å². The molecule has 0 radical (unpaired) electrons. The molecular weight excluding hydrogens is 254 g/mol. The molecule has 1 heterocycles. The second-order valence-electron chi connectivity index (χ2n) is 4.21. The van der Waals surface area contributed by atoms with Gasteiger partial charge in [0.05, 0.1) is 0 Å². The van der Waals surface area contributed by atoms with Crippen molar-refractivity contribution in [3.63, 3.8) is 0 Å². The quantitative estimate of drug-likeness (QED) is 0.807. The van der Waals surface area contributed by atoms with Crippen molar-refractivity contribution in [2.75, 3.05) is 6.54 Å². The van der Waals surface area contributed by atoms with Crippen molar-refractivity contribution < 1.29 is 4.79 Å². The van der Waals surface area contributed by atoms with Gasteiger partial charge in [-0.1, -0.05) is 35.0 Å².